The lowest BCUT2D eigenvalue weighted by Gasteiger charge is -2.60. The van der Waals surface area contributed by atoms with Gasteiger partial charge in [-0.05, 0) is 69.6 Å². The van der Waals surface area contributed by atoms with Gasteiger partial charge in [-0.15, -0.1) is 0 Å². The maximum atomic E-state index is 12.8. The summed E-state index contributed by atoms with van der Waals surface area (Å²) in [6, 6.07) is 0. The topological polar surface area (TPSA) is 76.1 Å². The molecule has 1 spiro atoms. The summed E-state index contributed by atoms with van der Waals surface area (Å²) in [7, 11) is 0. The Balaban J connectivity index is 1.51. The average Bonchev–Trinajstić information content (AvgIpc) is 3.21. The van der Waals surface area contributed by atoms with Gasteiger partial charge in [-0.2, -0.15) is 0 Å². The van der Waals surface area contributed by atoms with Crippen LogP contribution in [-0.2, 0) is 19.1 Å². The van der Waals surface area contributed by atoms with Crippen LogP contribution in [0.25, 0.3) is 0 Å². The number of hydrogen-bond acceptors (Lipinski definition) is 5. The van der Waals surface area contributed by atoms with Crippen LogP contribution in [0.1, 0.15) is 79.1 Å². The summed E-state index contributed by atoms with van der Waals surface area (Å²) < 4.78 is 12.2. The van der Waals surface area contributed by atoms with Gasteiger partial charge in [-0.25, -0.2) is 0 Å². The van der Waals surface area contributed by atoms with Crippen molar-refractivity contribution in [1.29, 1.82) is 0 Å². The lowest BCUT2D eigenvalue weighted by atomic mass is 9.44. The highest BCUT2D eigenvalue weighted by molar-refractivity contribution is 5.89. The number of epoxide rings is 1. The van der Waals surface area contributed by atoms with Gasteiger partial charge in [0, 0.05) is 24.2 Å². The fraction of sp³-hybridized carbons (Fsp3) is 0.913. The lowest BCUT2D eigenvalue weighted by Crippen LogP contribution is -2.61. The van der Waals surface area contributed by atoms with Crippen LogP contribution in [0.5, 0.6) is 0 Å². The van der Waals surface area contributed by atoms with Crippen LogP contribution in [0, 0.1) is 28.6 Å². The molecule has 5 aliphatic rings. The fourth-order valence-corrected chi connectivity index (χ4v) is 8.72. The first-order valence-electron chi connectivity index (χ1n) is 11.2. The lowest BCUT2D eigenvalue weighted by molar-refractivity contribution is -0.190. The number of Topliss-reactive ketones (excluding diaryl/α,β-unsaturated/α-hetero) is 1. The SMILES string of the molecule is CC(=O)OC1(C(C)=O)CCC2C3CC4OC45CC(O)CCC5(C)C3CCC21C. The van der Waals surface area contributed by atoms with Crippen molar-refractivity contribution >= 4 is 11.8 Å². The van der Waals surface area contributed by atoms with E-state index in [2.05, 4.69) is 13.8 Å². The zero-order valence-electron chi connectivity index (χ0n) is 17.6. The van der Waals surface area contributed by atoms with Crippen molar-refractivity contribution in [3.63, 3.8) is 0 Å². The molecular formula is C23H34O5. The summed E-state index contributed by atoms with van der Waals surface area (Å²) >= 11 is 0. The van der Waals surface area contributed by atoms with Gasteiger partial charge >= 0.3 is 5.97 Å². The second-order valence-electron chi connectivity index (χ2n) is 10.9. The van der Waals surface area contributed by atoms with Gasteiger partial charge in [-0.3, -0.25) is 9.59 Å². The molecule has 1 heterocycles. The molecular weight excluding hydrogens is 356 g/mol. The Morgan fingerprint density at radius 1 is 1.00 bits per heavy atom. The number of aliphatic hydroxyl groups excluding tert-OH is 1. The maximum absolute atomic E-state index is 12.8. The second kappa shape index (κ2) is 5.60. The molecule has 156 valence electrons. The molecule has 0 aromatic heterocycles. The second-order valence-corrected chi connectivity index (χ2v) is 10.9. The minimum Gasteiger partial charge on any atom is -0.451 e. The largest absolute Gasteiger partial charge is 0.451 e. The molecule has 0 amide bonds. The maximum Gasteiger partial charge on any atom is 0.303 e. The summed E-state index contributed by atoms with van der Waals surface area (Å²) in [6.45, 7) is 7.63. The summed E-state index contributed by atoms with van der Waals surface area (Å²) in [5.41, 5.74) is -1.25. The van der Waals surface area contributed by atoms with E-state index in [1.165, 1.54) is 6.92 Å². The van der Waals surface area contributed by atoms with Crippen LogP contribution in [0.4, 0.5) is 0 Å². The van der Waals surface area contributed by atoms with E-state index in [0.717, 1.165) is 44.9 Å². The van der Waals surface area contributed by atoms with Gasteiger partial charge in [-0.1, -0.05) is 13.8 Å². The van der Waals surface area contributed by atoms with Crippen molar-refractivity contribution in [1.82, 2.24) is 0 Å². The first-order chi connectivity index (χ1) is 13.1. The van der Waals surface area contributed by atoms with Gasteiger partial charge in [0.05, 0.1) is 12.2 Å². The average molecular weight is 391 g/mol. The Bertz CT molecular complexity index is 735. The Hall–Kier alpha value is -0.940. The molecule has 4 aliphatic carbocycles. The van der Waals surface area contributed by atoms with Crippen molar-refractivity contribution in [3.8, 4) is 0 Å². The van der Waals surface area contributed by atoms with E-state index in [9.17, 15) is 14.7 Å². The van der Waals surface area contributed by atoms with Gasteiger partial charge in [0.2, 0.25) is 0 Å². The molecule has 0 aromatic rings. The van der Waals surface area contributed by atoms with Crippen molar-refractivity contribution in [2.75, 3.05) is 0 Å². The first-order valence-corrected chi connectivity index (χ1v) is 11.2. The number of carbonyl (C=O) groups is 2. The van der Waals surface area contributed by atoms with Gasteiger partial charge in [0.1, 0.15) is 5.60 Å². The third kappa shape index (κ3) is 2.05. The highest BCUT2D eigenvalue weighted by Crippen LogP contribution is 2.74. The van der Waals surface area contributed by atoms with Crippen molar-refractivity contribution in [2.24, 2.45) is 28.6 Å². The summed E-state index contributed by atoms with van der Waals surface area (Å²) in [4.78, 5) is 24.7. The highest BCUT2D eigenvalue weighted by Gasteiger charge is 2.77. The molecule has 0 bridgehead atoms. The third-order valence-corrected chi connectivity index (χ3v) is 10.1. The van der Waals surface area contributed by atoms with Gasteiger partial charge in [0.15, 0.2) is 11.4 Å². The quantitative estimate of drug-likeness (QED) is 0.578. The van der Waals surface area contributed by atoms with Crippen LogP contribution >= 0.6 is 0 Å². The van der Waals surface area contributed by atoms with E-state index in [1.54, 1.807) is 6.92 Å². The van der Waals surface area contributed by atoms with E-state index < -0.39 is 5.60 Å². The number of esters is 1. The van der Waals surface area contributed by atoms with E-state index >= 15 is 0 Å². The summed E-state index contributed by atoms with van der Waals surface area (Å²) in [5, 5.41) is 10.3. The van der Waals surface area contributed by atoms with Gasteiger partial charge < -0.3 is 14.6 Å². The highest BCUT2D eigenvalue weighted by atomic mass is 16.6. The van der Waals surface area contributed by atoms with E-state index in [4.69, 9.17) is 9.47 Å². The van der Waals surface area contributed by atoms with Crippen molar-refractivity contribution < 1.29 is 24.2 Å². The molecule has 0 aromatic carbocycles. The predicted octanol–water partition coefficient (Wildman–Crippen LogP) is 3.41. The fourth-order valence-electron chi connectivity index (χ4n) is 8.72. The Labute approximate surface area is 167 Å². The molecule has 5 rings (SSSR count). The Morgan fingerprint density at radius 3 is 2.32 bits per heavy atom. The number of ketones is 1. The van der Waals surface area contributed by atoms with Crippen molar-refractivity contribution in [3.05, 3.63) is 0 Å². The molecule has 4 saturated carbocycles. The number of rotatable bonds is 2. The summed E-state index contributed by atoms with van der Waals surface area (Å²) in [5.74, 6) is 1.13. The molecule has 5 nitrogen and oxygen atoms in total. The van der Waals surface area contributed by atoms with Crippen LogP contribution < -0.4 is 0 Å². The van der Waals surface area contributed by atoms with Gasteiger partial charge in [0.25, 0.3) is 0 Å². The zero-order valence-corrected chi connectivity index (χ0v) is 17.6. The minimum absolute atomic E-state index is 0.00554. The number of ether oxygens (including phenoxy) is 2. The standard InChI is InChI=1S/C23H34O5/c1-13(24)22(27-14(2)25)10-7-18-16-11-19-23(28-19)12-15(26)5-8-21(23,4)17(16)6-9-20(18,22)3/h15-19,26H,5-12H2,1-4H3. The molecule has 5 fully saturated rings. The molecule has 0 radical (unpaired) electrons. The number of fused-ring (bicyclic) bond motifs is 4. The van der Waals surface area contributed by atoms with Crippen molar-refractivity contribution in [2.45, 2.75) is 102 Å². The number of hydrogen-bond donors (Lipinski definition) is 1. The first kappa shape index (κ1) is 19.0. The molecule has 9 atom stereocenters. The molecule has 28 heavy (non-hydrogen) atoms. The Morgan fingerprint density at radius 2 is 1.64 bits per heavy atom. The molecule has 1 N–H and O–H groups in total. The number of aliphatic hydroxyl groups is 1. The number of carbonyl (C=O) groups excluding carboxylic acids is 2. The minimum atomic E-state index is -0.961. The van der Waals surface area contributed by atoms with Crippen LogP contribution in [-0.4, -0.2) is 40.3 Å². The Kier molecular flexibility index (Phi) is 3.81. The molecule has 1 saturated heterocycles. The normalized spacial score (nSPS) is 56.7. The van der Waals surface area contributed by atoms with E-state index in [-0.39, 0.29) is 40.4 Å². The van der Waals surface area contributed by atoms with Crippen LogP contribution in [0.2, 0.25) is 0 Å². The molecule has 1 aliphatic heterocycles. The molecule has 5 heteroatoms. The van der Waals surface area contributed by atoms with Crippen LogP contribution in [0.3, 0.4) is 0 Å². The predicted molar refractivity (Wildman–Crippen MR) is 102 cm³/mol. The zero-order chi connectivity index (χ0) is 20.1. The van der Waals surface area contributed by atoms with E-state index in [0.29, 0.717) is 24.2 Å². The van der Waals surface area contributed by atoms with Crippen LogP contribution in [0.15, 0.2) is 0 Å². The molecule has 9 unspecified atom stereocenters. The van der Waals surface area contributed by atoms with E-state index in [1.807, 2.05) is 0 Å². The summed E-state index contributed by atoms with van der Waals surface area (Å²) in [6.07, 6.45) is 7.29. The monoisotopic (exact) mass is 390 g/mol. The smallest absolute Gasteiger partial charge is 0.303 e. The third-order valence-electron chi connectivity index (χ3n) is 10.1.